The summed E-state index contributed by atoms with van der Waals surface area (Å²) in [5.41, 5.74) is 0.617. The average Bonchev–Trinajstić information content (AvgIpc) is 2.28. The summed E-state index contributed by atoms with van der Waals surface area (Å²) in [5.74, 6) is -0.177. The summed E-state index contributed by atoms with van der Waals surface area (Å²) >= 11 is 0. The Morgan fingerprint density at radius 3 is 2.88 bits per heavy atom. The number of aryl methyl sites for hydroxylation is 1. The van der Waals surface area contributed by atoms with E-state index < -0.39 is 11.6 Å². The summed E-state index contributed by atoms with van der Waals surface area (Å²) in [6, 6.07) is 4.32. The van der Waals surface area contributed by atoms with Gasteiger partial charge in [-0.15, -0.1) is 0 Å². The molecule has 1 heterocycles. The van der Waals surface area contributed by atoms with E-state index in [0.29, 0.717) is 18.0 Å². The highest BCUT2D eigenvalue weighted by Gasteiger charge is 2.18. The molecule has 1 aliphatic rings. The molecule has 1 aliphatic heterocycles. The Labute approximate surface area is 101 Å². The molecule has 0 aromatic heterocycles. The molecule has 0 radical (unpaired) electrons. The topological polar surface area (TPSA) is 12.0 Å². The van der Waals surface area contributed by atoms with Crippen molar-refractivity contribution in [2.45, 2.75) is 38.6 Å². The van der Waals surface area contributed by atoms with Gasteiger partial charge < -0.3 is 5.32 Å². The molecule has 1 aromatic carbocycles. The predicted octanol–water partition coefficient (Wildman–Crippen LogP) is 3.29. The van der Waals surface area contributed by atoms with Gasteiger partial charge in [0.2, 0.25) is 0 Å². The Kier molecular flexibility index (Phi) is 4.11. The first-order valence-corrected chi connectivity index (χ1v) is 6.32. The third-order valence-corrected chi connectivity index (χ3v) is 3.53. The van der Waals surface area contributed by atoms with Gasteiger partial charge in [0, 0.05) is 12.1 Å². The number of hydrogen-bond acceptors (Lipinski definition) is 1. The molecule has 2 atom stereocenters. The molecule has 1 fully saturated rings. The van der Waals surface area contributed by atoms with E-state index in [9.17, 15) is 8.78 Å². The SMILES string of the molecule is CC1CCNC(CCc2ccc(F)cc2F)C1. The summed E-state index contributed by atoms with van der Waals surface area (Å²) in [6.07, 6.45) is 3.98. The summed E-state index contributed by atoms with van der Waals surface area (Å²) < 4.78 is 26.2. The molecule has 1 nitrogen and oxygen atoms in total. The second kappa shape index (κ2) is 5.58. The van der Waals surface area contributed by atoms with Crippen molar-refractivity contribution in [3.63, 3.8) is 0 Å². The van der Waals surface area contributed by atoms with E-state index >= 15 is 0 Å². The first kappa shape index (κ1) is 12.5. The number of hydrogen-bond donors (Lipinski definition) is 1. The highest BCUT2D eigenvalue weighted by atomic mass is 19.1. The van der Waals surface area contributed by atoms with Crippen molar-refractivity contribution in [3.8, 4) is 0 Å². The zero-order chi connectivity index (χ0) is 12.3. The normalized spacial score (nSPS) is 24.9. The van der Waals surface area contributed by atoms with Crippen LogP contribution in [-0.4, -0.2) is 12.6 Å². The van der Waals surface area contributed by atoms with Crippen LogP contribution in [0, 0.1) is 17.6 Å². The van der Waals surface area contributed by atoms with Crippen molar-refractivity contribution in [2.24, 2.45) is 5.92 Å². The van der Waals surface area contributed by atoms with E-state index in [2.05, 4.69) is 12.2 Å². The molecular weight excluding hydrogens is 220 g/mol. The zero-order valence-electron chi connectivity index (χ0n) is 10.2. The minimum Gasteiger partial charge on any atom is -0.314 e. The van der Waals surface area contributed by atoms with Crippen LogP contribution in [0.4, 0.5) is 8.78 Å². The van der Waals surface area contributed by atoms with E-state index in [0.717, 1.165) is 31.4 Å². The summed E-state index contributed by atoms with van der Waals surface area (Å²) in [4.78, 5) is 0. The fourth-order valence-corrected chi connectivity index (χ4v) is 2.49. The van der Waals surface area contributed by atoms with E-state index in [1.54, 1.807) is 6.07 Å². The van der Waals surface area contributed by atoms with Gasteiger partial charge in [-0.2, -0.15) is 0 Å². The quantitative estimate of drug-likeness (QED) is 0.853. The lowest BCUT2D eigenvalue weighted by Gasteiger charge is -2.28. The zero-order valence-corrected chi connectivity index (χ0v) is 10.2. The monoisotopic (exact) mass is 239 g/mol. The van der Waals surface area contributed by atoms with Gasteiger partial charge >= 0.3 is 0 Å². The number of benzene rings is 1. The fourth-order valence-electron chi connectivity index (χ4n) is 2.49. The van der Waals surface area contributed by atoms with Crippen LogP contribution in [0.5, 0.6) is 0 Å². The van der Waals surface area contributed by atoms with Crippen molar-refractivity contribution < 1.29 is 8.78 Å². The van der Waals surface area contributed by atoms with Gasteiger partial charge in [0.25, 0.3) is 0 Å². The molecule has 1 saturated heterocycles. The lowest BCUT2D eigenvalue weighted by atomic mass is 9.91. The van der Waals surface area contributed by atoms with E-state index in [1.165, 1.54) is 12.5 Å². The molecule has 17 heavy (non-hydrogen) atoms. The third kappa shape index (κ3) is 3.50. The molecule has 2 unspecified atom stereocenters. The van der Waals surface area contributed by atoms with Crippen molar-refractivity contribution in [1.82, 2.24) is 5.32 Å². The van der Waals surface area contributed by atoms with Crippen LogP contribution in [0.15, 0.2) is 18.2 Å². The summed E-state index contributed by atoms with van der Waals surface area (Å²) in [5, 5.41) is 3.45. The van der Waals surface area contributed by atoms with Gasteiger partial charge in [-0.3, -0.25) is 0 Å². The first-order valence-electron chi connectivity index (χ1n) is 6.32. The van der Waals surface area contributed by atoms with E-state index in [-0.39, 0.29) is 0 Å². The number of piperidine rings is 1. The molecule has 0 bridgehead atoms. The van der Waals surface area contributed by atoms with Gasteiger partial charge in [0.05, 0.1) is 0 Å². The Balaban J connectivity index is 1.88. The van der Waals surface area contributed by atoms with Crippen LogP contribution < -0.4 is 5.32 Å². The van der Waals surface area contributed by atoms with Gasteiger partial charge in [0.15, 0.2) is 0 Å². The van der Waals surface area contributed by atoms with Crippen LogP contribution in [-0.2, 0) is 6.42 Å². The van der Waals surface area contributed by atoms with Gasteiger partial charge in [-0.25, -0.2) is 8.78 Å². The minimum atomic E-state index is -0.504. The first-order chi connectivity index (χ1) is 8.15. The second-order valence-electron chi connectivity index (χ2n) is 5.06. The maximum atomic E-state index is 13.4. The molecular formula is C14H19F2N. The standard InChI is InChI=1S/C14H19F2N/c1-10-6-7-17-13(8-10)5-3-11-2-4-12(15)9-14(11)16/h2,4,9-10,13,17H,3,5-8H2,1H3. The Bertz CT molecular complexity index is 378. The molecule has 0 aliphatic carbocycles. The highest BCUT2D eigenvalue weighted by Crippen LogP contribution is 2.19. The van der Waals surface area contributed by atoms with E-state index in [4.69, 9.17) is 0 Å². The summed E-state index contributed by atoms with van der Waals surface area (Å²) in [6.45, 7) is 3.31. The van der Waals surface area contributed by atoms with Crippen LogP contribution in [0.25, 0.3) is 0 Å². The molecule has 0 amide bonds. The van der Waals surface area contributed by atoms with Crippen molar-refractivity contribution in [2.75, 3.05) is 6.54 Å². The molecule has 1 N–H and O–H groups in total. The second-order valence-corrected chi connectivity index (χ2v) is 5.06. The van der Waals surface area contributed by atoms with Crippen LogP contribution in [0.1, 0.15) is 31.7 Å². The largest absolute Gasteiger partial charge is 0.314 e. The smallest absolute Gasteiger partial charge is 0.129 e. The van der Waals surface area contributed by atoms with Crippen molar-refractivity contribution in [3.05, 3.63) is 35.4 Å². The Morgan fingerprint density at radius 1 is 1.35 bits per heavy atom. The van der Waals surface area contributed by atoms with Gasteiger partial charge in [0.1, 0.15) is 11.6 Å². The maximum absolute atomic E-state index is 13.4. The number of rotatable bonds is 3. The van der Waals surface area contributed by atoms with Crippen LogP contribution >= 0.6 is 0 Å². The number of nitrogens with one attached hydrogen (secondary N) is 1. The predicted molar refractivity (Wildman–Crippen MR) is 64.9 cm³/mol. The van der Waals surface area contributed by atoms with Crippen LogP contribution in [0.2, 0.25) is 0 Å². The molecule has 0 saturated carbocycles. The molecule has 1 aromatic rings. The minimum absolute atomic E-state index is 0.422. The van der Waals surface area contributed by atoms with Gasteiger partial charge in [-0.1, -0.05) is 13.0 Å². The number of halogens is 2. The highest BCUT2D eigenvalue weighted by molar-refractivity contribution is 5.18. The molecule has 2 rings (SSSR count). The molecule has 0 spiro atoms. The van der Waals surface area contributed by atoms with Gasteiger partial charge in [-0.05, 0) is 49.8 Å². The Morgan fingerprint density at radius 2 is 2.18 bits per heavy atom. The Hall–Kier alpha value is -0.960. The van der Waals surface area contributed by atoms with Crippen LogP contribution in [0.3, 0.4) is 0 Å². The van der Waals surface area contributed by atoms with Crippen molar-refractivity contribution >= 4 is 0 Å². The van der Waals surface area contributed by atoms with E-state index in [1.807, 2.05) is 0 Å². The lowest BCUT2D eigenvalue weighted by Crippen LogP contribution is -2.37. The lowest BCUT2D eigenvalue weighted by molar-refractivity contribution is 0.307. The third-order valence-electron chi connectivity index (χ3n) is 3.53. The maximum Gasteiger partial charge on any atom is 0.129 e. The van der Waals surface area contributed by atoms with Crippen molar-refractivity contribution in [1.29, 1.82) is 0 Å². The molecule has 94 valence electrons. The molecule has 3 heteroatoms. The fraction of sp³-hybridized carbons (Fsp3) is 0.571. The summed E-state index contributed by atoms with van der Waals surface area (Å²) in [7, 11) is 0. The average molecular weight is 239 g/mol.